The van der Waals surface area contributed by atoms with Gasteiger partial charge in [0.15, 0.2) is 11.5 Å². The van der Waals surface area contributed by atoms with Crippen LogP contribution in [0.15, 0.2) is 71.4 Å². The van der Waals surface area contributed by atoms with Gasteiger partial charge in [0.2, 0.25) is 0 Å². The Morgan fingerprint density at radius 3 is 2.37 bits per heavy atom. The number of imide groups is 1. The van der Waals surface area contributed by atoms with E-state index < -0.39 is 11.8 Å². The molecule has 11 heteroatoms. The van der Waals surface area contributed by atoms with Crippen molar-refractivity contribution < 1.29 is 23.9 Å². The molecule has 0 fully saturated rings. The fraction of sp³-hybridized carbons (Fsp3) is 0.148. The lowest BCUT2D eigenvalue weighted by molar-refractivity contribution is -0.120. The van der Waals surface area contributed by atoms with Crippen molar-refractivity contribution in [3.05, 3.63) is 92.6 Å². The second-order valence-corrected chi connectivity index (χ2v) is 9.35. The summed E-state index contributed by atoms with van der Waals surface area (Å²) in [7, 11) is 3.13. The van der Waals surface area contributed by atoms with Gasteiger partial charge in [0.1, 0.15) is 10.7 Å². The Morgan fingerprint density at radius 1 is 0.895 bits per heavy atom. The highest BCUT2D eigenvalue weighted by molar-refractivity contribution is 6.54. The molecule has 0 aliphatic carbocycles. The van der Waals surface area contributed by atoms with Gasteiger partial charge in [0.05, 0.1) is 24.9 Å². The zero-order valence-corrected chi connectivity index (χ0v) is 22.6. The Labute approximate surface area is 234 Å². The number of nitrogens with one attached hydrogen (secondary N) is 2. The molecule has 3 aromatic carbocycles. The van der Waals surface area contributed by atoms with E-state index >= 15 is 0 Å². The third-order valence-corrected chi connectivity index (χ3v) is 6.61. The summed E-state index contributed by atoms with van der Waals surface area (Å²) in [6, 6.07) is 16.4. The molecule has 1 aliphatic rings. The summed E-state index contributed by atoms with van der Waals surface area (Å²) in [5, 5.41) is 5.91. The van der Waals surface area contributed by atoms with Gasteiger partial charge in [0.25, 0.3) is 17.7 Å². The lowest BCUT2D eigenvalue weighted by atomic mass is 10.1. The lowest BCUT2D eigenvalue weighted by Gasteiger charge is -2.16. The molecule has 38 heavy (non-hydrogen) atoms. The van der Waals surface area contributed by atoms with Gasteiger partial charge >= 0.3 is 0 Å². The number of benzene rings is 3. The molecule has 4 rings (SSSR count). The summed E-state index contributed by atoms with van der Waals surface area (Å²) in [6.07, 6.45) is 0.576. The van der Waals surface area contributed by atoms with Gasteiger partial charge in [-0.15, -0.1) is 0 Å². The molecule has 0 spiro atoms. The van der Waals surface area contributed by atoms with Gasteiger partial charge in [-0.1, -0.05) is 46.9 Å². The fourth-order valence-corrected chi connectivity index (χ4v) is 4.54. The number of hydrogen-bond acceptors (Lipinski definition) is 6. The Bertz CT molecular complexity index is 1460. The summed E-state index contributed by atoms with van der Waals surface area (Å²) in [6.45, 7) is 0.382. The molecular formula is C27H22Cl3N3O5. The minimum atomic E-state index is -0.729. The molecule has 3 aromatic rings. The standard InChI is InChI=1S/C27H22Cl3N3O5/c1-37-21-9-6-15(12-22(21)38-2)10-11-31-25(34)16-4-3-5-18(13-16)32-24-23(30)26(35)33(27(24)36)20-8-7-17(28)14-19(20)29/h3-9,12-14,32H,10-11H2,1-2H3,(H,31,34). The molecule has 0 bridgehead atoms. The molecule has 196 valence electrons. The van der Waals surface area contributed by atoms with Crippen LogP contribution in [0.4, 0.5) is 11.4 Å². The van der Waals surface area contributed by atoms with Crippen molar-refractivity contribution in [3.63, 3.8) is 0 Å². The van der Waals surface area contributed by atoms with Crippen molar-refractivity contribution in [1.82, 2.24) is 5.32 Å². The Balaban J connectivity index is 1.42. The van der Waals surface area contributed by atoms with Gasteiger partial charge in [0, 0.05) is 22.8 Å². The van der Waals surface area contributed by atoms with E-state index in [1.807, 2.05) is 18.2 Å². The van der Waals surface area contributed by atoms with Crippen molar-refractivity contribution >= 4 is 63.9 Å². The van der Waals surface area contributed by atoms with Crippen molar-refractivity contribution in [1.29, 1.82) is 0 Å². The number of halogens is 3. The first-order valence-electron chi connectivity index (χ1n) is 11.3. The van der Waals surface area contributed by atoms with Crippen LogP contribution >= 0.6 is 34.8 Å². The average molecular weight is 575 g/mol. The normalized spacial score (nSPS) is 13.1. The average Bonchev–Trinajstić information content (AvgIpc) is 3.11. The van der Waals surface area contributed by atoms with E-state index in [1.54, 1.807) is 38.5 Å². The van der Waals surface area contributed by atoms with Gasteiger partial charge in [-0.25, -0.2) is 4.90 Å². The first kappa shape index (κ1) is 27.3. The molecule has 1 aliphatic heterocycles. The Kier molecular flexibility index (Phi) is 8.46. The number of rotatable bonds is 9. The van der Waals surface area contributed by atoms with E-state index in [0.29, 0.717) is 40.7 Å². The van der Waals surface area contributed by atoms with Crippen molar-refractivity contribution in [2.24, 2.45) is 0 Å². The lowest BCUT2D eigenvalue weighted by Crippen LogP contribution is -2.32. The highest BCUT2D eigenvalue weighted by Crippen LogP contribution is 2.35. The third kappa shape index (κ3) is 5.72. The van der Waals surface area contributed by atoms with Crippen LogP contribution in [0.25, 0.3) is 0 Å². The summed E-state index contributed by atoms with van der Waals surface area (Å²) < 4.78 is 10.6. The second-order valence-electron chi connectivity index (χ2n) is 8.13. The number of hydrogen-bond donors (Lipinski definition) is 2. The maximum Gasteiger partial charge on any atom is 0.283 e. The molecular weight excluding hydrogens is 553 g/mol. The van der Waals surface area contributed by atoms with Crippen LogP contribution in [0.3, 0.4) is 0 Å². The Morgan fingerprint density at radius 2 is 1.66 bits per heavy atom. The topological polar surface area (TPSA) is 97.0 Å². The van der Waals surface area contributed by atoms with E-state index in [0.717, 1.165) is 10.5 Å². The van der Waals surface area contributed by atoms with Crippen LogP contribution in [-0.2, 0) is 16.0 Å². The minimum absolute atomic E-state index is 0.122. The largest absolute Gasteiger partial charge is 0.493 e. The number of carbonyl (C=O) groups is 3. The van der Waals surface area contributed by atoms with Crippen LogP contribution in [0.5, 0.6) is 11.5 Å². The number of anilines is 2. The molecule has 2 N–H and O–H groups in total. The van der Waals surface area contributed by atoms with Gasteiger partial charge in [-0.2, -0.15) is 0 Å². The van der Waals surface area contributed by atoms with E-state index in [4.69, 9.17) is 44.3 Å². The molecule has 0 radical (unpaired) electrons. The monoisotopic (exact) mass is 573 g/mol. The SMILES string of the molecule is COc1ccc(CCNC(=O)c2cccc(NC3=C(Cl)C(=O)N(c4ccc(Cl)cc4Cl)C3=O)c2)cc1OC. The van der Waals surface area contributed by atoms with Crippen LogP contribution < -0.4 is 25.0 Å². The first-order chi connectivity index (χ1) is 18.2. The molecule has 3 amide bonds. The smallest absolute Gasteiger partial charge is 0.283 e. The molecule has 0 aromatic heterocycles. The van der Waals surface area contributed by atoms with E-state index in [1.165, 1.54) is 18.2 Å². The summed E-state index contributed by atoms with van der Waals surface area (Å²) in [5.41, 5.74) is 1.75. The number of methoxy groups -OCH3 is 2. The van der Waals surface area contributed by atoms with Crippen molar-refractivity contribution in [2.45, 2.75) is 6.42 Å². The maximum atomic E-state index is 13.1. The first-order valence-corrected chi connectivity index (χ1v) is 12.5. The third-order valence-electron chi connectivity index (χ3n) is 5.72. The number of ether oxygens (including phenoxy) is 2. The molecule has 1 heterocycles. The minimum Gasteiger partial charge on any atom is -0.493 e. The quantitative estimate of drug-likeness (QED) is 0.331. The van der Waals surface area contributed by atoms with Gasteiger partial charge in [-0.05, 0) is 60.5 Å². The predicted molar refractivity (Wildman–Crippen MR) is 147 cm³/mol. The molecule has 0 saturated heterocycles. The Hall–Kier alpha value is -3.72. The molecule has 8 nitrogen and oxygen atoms in total. The van der Waals surface area contributed by atoms with Crippen molar-refractivity contribution in [2.75, 3.05) is 31.0 Å². The van der Waals surface area contributed by atoms with E-state index in [9.17, 15) is 14.4 Å². The van der Waals surface area contributed by atoms with Gasteiger partial charge in [-0.3, -0.25) is 14.4 Å². The highest BCUT2D eigenvalue weighted by Gasteiger charge is 2.39. The second kappa shape index (κ2) is 11.8. The number of amides is 3. The summed E-state index contributed by atoms with van der Waals surface area (Å²) in [5.74, 6) is -0.486. The van der Waals surface area contributed by atoms with Crippen molar-refractivity contribution in [3.8, 4) is 11.5 Å². The van der Waals surface area contributed by atoms with Crippen LogP contribution in [-0.4, -0.2) is 38.5 Å². The van der Waals surface area contributed by atoms with Crippen LogP contribution in [0.1, 0.15) is 15.9 Å². The fourth-order valence-electron chi connectivity index (χ4n) is 3.83. The number of carbonyl (C=O) groups excluding carboxylic acids is 3. The molecule has 0 unspecified atom stereocenters. The maximum absolute atomic E-state index is 13.1. The van der Waals surface area contributed by atoms with E-state index in [2.05, 4.69) is 10.6 Å². The number of nitrogens with zero attached hydrogens (tertiary/aromatic N) is 1. The molecule has 0 saturated carbocycles. The summed E-state index contributed by atoms with van der Waals surface area (Å²) in [4.78, 5) is 39.4. The zero-order chi connectivity index (χ0) is 27.4. The highest BCUT2D eigenvalue weighted by atomic mass is 35.5. The summed E-state index contributed by atoms with van der Waals surface area (Å²) >= 11 is 18.3. The predicted octanol–water partition coefficient (Wildman–Crippen LogP) is 5.42. The zero-order valence-electron chi connectivity index (χ0n) is 20.3. The van der Waals surface area contributed by atoms with Crippen LogP contribution in [0, 0.1) is 0 Å². The van der Waals surface area contributed by atoms with Crippen LogP contribution in [0.2, 0.25) is 10.0 Å². The molecule has 0 atom stereocenters. The van der Waals surface area contributed by atoms with E-state index in [-0.39, 0.29) is 27.3 Å². The van der Waals surface area contributed by atoms with Gasteiger partial charge < -0.3 is 20.1 Å².